The normalized spacial score (nSPS) is 20.3. The molecule has 1 aromatic carbocycles. The number of hydrogen-bond acceptors (Lipinski definition) is 7. The second kappa shape index (κ2) is 10.3. The van der Waals surface area contributed by atoms with E-state index in [2.05, 4.69) is 39.5 Å². The fourth-order valence-corrected chi connectivity index (χ4v) is 5.17. The largest absolute Gasteiger partial charge is 0.396 e. The monoisotopic (exact) mass is 470 g/mol. The molecule has 2 fully saturated rings. The lowest BCUT2D eigenvalue weighted by Crippen LogP contribution is -2.28. The van der Waals surface area contributed by atoms with Gasteiger partial charge in [-0.2, -0.15) is 0 Å². The minimum absolute atomic E-state index is 0.0475. The number of nitrogens with zero attached hydrogens (tertiary/aromatic N) is 3. The third kappa shape index (κ3) is 6.07. The van der Waals surface area contributed by atoms with Gasteiger partial charge in [-0.1, -0.05) is 44.5 Å². The molecule has 0 atom stereocenters. The molecule has 0 spiro atoms. The number of aromatic nitrogens is 1. The van der Waals surface area contributed by atoms with Crippen molar-refractivity contribution in [2.75, 3.05) is 26.2 Å². The number of nitrogens with one attached hydrogen (secondary N) is 1. The molecule has 4 rings (SSSR count). The molecule has 2 aliphatic heterocycles. The van der Waals surface area contributed by atoms with Gasteiger partial charge < -0.3 is 10.4 Å². The molecule has 0 unspecified atom stereocenters. The number of amidine groups is 1. The van der Waals surface area contributed by atoms with Crippen molar-refractivity contribution in [3.05, 3.63) is 45.8 Å². The first-order valence-corrected chi connectivity index (χ1v) is 12.7. The van der Waals surface area contributed by atoms with E-state index in [0.29, 0.717) is 16.6 Å². The van der Waals surface area contributed by atoms with E-state index >= 15 is 0 Å². The number of thioether (sulfide) groups is 1. The molecule has 2 saturated heterocycles. The smallest absolute Gasteiger partial charge is 0.264 e. The molecule has 2 N–H and O–H groups in total. The van der Waals surface area contributed by atoms with E-state index in [1.54, 1.807) is 11.3 Å². The van der Waals surface area contributed by atoms with Gasteiger partial charge in [0.1, 0.15) is 5.01 Å². The van der Waals surface area contributed by atoms with Crippen LogP contribution in [0.3, 0.4) is 0 Å². The van der Waals surface area contributed by atoms with Crippen molar-refractivity contribution in [3.63, 3.8) is 0 Å². The van der Waals surface area contributed by atoms with Crippen LogP contribution in [0.4, 0.5) is 0 Å². The van der Waals surface area contributed by atoms with E-state index in [-0.39, 0.29) is 17.9 Å². The first-order valence-electron chi connectivity index (χ1n) is 11.1. The van der Waals surface area contributed by atoms with Gasteiger partial charge >= 0.3 is 0 Å². The minimum Gasteiger partial charge on any atom is -0.396 e. The lowest BCUT2D eigenvalue weighted by Gasteiger charge is -2.26. The number of aliphatic imine (C=N–C) groups is 1. The van der Waals surface area contributed by atoms with Gasteiger partial charge in [-0.25, -0.2) is 4.98 Å². The summed E-state index contributed by atoms with van der Waals surface area (Å²) in [5.74, 6) is -0.160. The summed E-state index contributed by atoms with van der Waals surface area (Å²) in [5, 5.41) is 15.7. The average Bonchev–Trinajstić information content (AvgIpc) is 3.40. The molecule has 0 bridgehead atoms. The van der Waals surface area contributed by atoms with Crippen LogP contribution in [0, 0.1) is 5.41 Å². The van der Waals surface area contributed by atoms with Crippen molar-refractivity contribution in [2.24, 2.45) is 10.4 Å². The van der Waals surface area contributed by atoms with Crippen LogP contribution in [0.5, 0.6) is 0 Å². The molecular formula is C24H30N4O2S2. The molecule has 2 aliphatic rings. The standard InChI is InChI=1S/C24H30N4O2S2/c1-24(2,16-29)15-25-23-27-21(30)20(32-23)12-19-14-31-22(26-19)18-8-6-17(7-9-18)13-28-10-4-3-5-11-28/h6-9,12,14,29H,3-5,10-11,13,15-16H2,1-2H3,(H,25,27,30)/b20-12+. The SMILES string of the molecule is CC(C)(CO)CN=C1NC(=O)/C(=C\c2csc(-c3ccc(CN4CCCCC4)cc3)n2)S1. The molecule has 2 aromatic rings. The van der Waals surface area contributed by atoms with E-state index in [1.807, 2.05) is 25.3 Å². The van der Waals surface area contributed by atoms with Crippen LogP contribution < -0.4 is 5.32 Å². The lowest BCUT2D eigenvalue weighted by atomic mass is 9.95. The zero-order chi connectivity index (χ0) is 22.6. The first kappa shape index (κ1) is 23.2. The van der Waals surface area contributed by atoms with E-state index < -0.39 is 0 Å². The molecule has 1 amide bonds. The van der Waals surface area contributed by atoms with Crippen molar-refractivity contribution in [1.82, 2.24) is 15.2 Å². The maximum Gasteiger partial charge on any atom is 0.264 e. The third-order valence-corrected chi connectivity index (χ3v) is 7.44. The Bertz CT molecular complexity index is 1010. The van der Waals surface area contributed by atoms with Gasteiger partial charge in [0.25, 0.3) is 5.91 Å². The minimum atomic E-state index is -0.308. The van der Waals surface area contributed by atoms with Crippen molar-refractivity contribution < 1.29 is 9.90 Å². The highest BCUT2D eigenvalue weighted by atomic mass is 32.2. The van der Waals surface area contributed by atoms with Gasteiger partial charge in [-0.05, 0) is 49.3 Å². The van der Waals surface area contributed by atoms with Gasteiger partial charge in [-0.15, -0.1) is 11.3 Å². The molecule has 8 heteroatoms. The molecule has 0 saturated carbocycles. The van der Waals surface area contributed by atoms with Gasteiger partial charge in [0.2, 0.25) is 0 Å². The van der Waals surface area contributed by atoms with E-state index in [0.717, 1.165) is 22.8 Å². The molecule has 32 heavy (non-hydrogen) atoms. The number of aliphatic hydroxyl groups is 1. The molecule has 0 aliphatic carbocycles. The van der Waals surface area contributed by atoms with E-state index in [1.165, 1.54) is 49.7 Å². The number of hydrogen-bond donors (Lipinski definition) is 2. The molecule has 170 valence electrons. The van der Waals surface area contributed by atoms with Crippen molar-refractivity contribution in [2.45, 2.75) is 39.7 Å². The summed E-state index contributed by atoms with van der Waals surface area (Å²) < 4.78 is 0. The number of thiazole rings is 1. The number of rotatable bonds is 7. The summed E-state index contributed by atoms with van der Waals surface area (Å²) in [6.07, 6.45) is 5.78. The molecule has 6 nitrogen and oxygen atoms in total. The van der Waals surface area contributed by atoms with E-state index in [4.69, 9.17) is 4.98 Å². The molecule has 0 radical (unpaired) electrons. The van der Waals surface area contributed by atoms with Gasteiger partial charge in [0, 0.05) is 36.1 Å². The number of piperidine rings is 1. The molecule has 1 aromatic heterocycles. The fourth-order valence-electron chi connectivity index (χ4n) is 3.59. The number of amides is 1. The van der Waals surface area contributed by atoms with Crippen LogP contribution in [-0.2, 0) is 11.3 Å². The van der Waals surface area contributed by atoms with Crippen LogP contribution in [0.2, 0.25) is 0 Å². The second-order valence-corrected chi connectivity index (χ2v) is 11.0. The van der Waals surface area contributed by atoms with Crippen LogP contribution in [0.15, 0.2) is 39.5 Å². The summed E-state index contributed by atoms with van der Waals surface area (Å²) >= 11 is 2.90. The zero-order valence-electron chi connectivity index (χ0n) is 18.6. The Morgan fingerprint density at radius 1 is 1.22 bits per heavy atom. The lowest BCUT2D eigenvalue weighted by molar-refractivity contribution is -0.115. The Labute approximate surface area is 197 Å². The Balaban J connectivity index is 1.39. The quantitative estimate of drug-likeness (QED) is 0.588. The summed E-state index contributed by atoms with van der Waals surface area (Å²) in [6.45, 7) is 7.78. The molecular weight excluding hydrogens is 440 g/mol. The average molecular weight is 471 g/mol. The number of aliphatic hydroxyl groups excluding tert-OH is 1. The fraction of sp³-hybridized carbons (Fsp3) is 0.458. The maximum absolute atomic E-state index is 12.3. The van der Waals surface area contributed by atoms with Crippen LogP contribution in [0.25, 0.3) is 16.6 Å². The van der Waals surface area contributed by atoms with Crippen molar-refractivity contribution >= 4 is 40.2 Å². The van der Waals surface area contributed by atoms with Gasteiger partial charge in [-0.3, -0.25) is 14.7 Å². The highest BCUT2D eigenvalue weighted by molar-refractivity contribution is 8.18. The number of benzene rings is 1. The third-order valence-electron chi connectivity index (χ3n) is 5.59. The highest BCUT2D eigenvalue weighted by Gasteiger charge is 2.25. The van der Waals surface area contributed by atoms with E-state index in [9.17, 15) is 9.90 Å². The predicted molar refractivity (Wildman–Crippen MR) is 134 cm³/mol. The van der Waals surface area contributed by atoms with Crippen molar-refractivity contribution in [1.29, 1.82) is 0 Å². The Morgan fingerprint density at radius 3 is 2.69 bits per heavy atom. The first-order chi connectivity index (χ1) is 15.4. The Hall–Kier alpha value is -2.00. The van der Waals surface area contributed by atoms with Crippen LogP contribution >= 0.6 is 23.1 Å². The van der Waals surface area contributed by atoms with Crippen LogP contribution in [0.1, 0.15) is 44.4 Å². The highest BCUT2D eigenvalue weighted by Crippen LogP contribution is 2.30. The Kier molecular flexibility index (Phi) is 7.45. The Morgan fingerprint density at radius 2 is 1.97 bits per heavy atom. The summed E-state index contributed by atoms with van der Waals surface area (Å²) in [6, 6.07) is 8.67. The number of likely N-dealkylation sites (tertiary alicyclic amines) is 1. The van der Waals surface area contributed by atoms with Crippen molar-refractivity contribution in [3.8, 4) is 10.6 Å². The topological polar surface area (TPSA) is 77.8 Å². The predicted octanol–water partition coefficient (Wildman–Crippen LogP) is 4.37. The number of carbonyl (C=O) groups excluding carboxylic acids is 1. The maximum atomic E-state index is 12.3. The molecule has 3 heterocycles. The second-order valence-electron chi connectivity index (χ2n) is 9.12. The van der Waals surface area contributed by atoms with Gasteiger partial charge in [0.05, 0.1) is 10.6 Å². The summed E-state index contributed by atoms with van der Waals surface area (Å²) in [7, 11) is 0. The van der Waals surface area contributed by atoms with Crippen LogP contribution in [-0.4, -0.2) is 52.3 Å². The summed E-state index contributed by atoms with van der Waals surface area (Å²) in [5.41, 5.74) is 2.90. The number of carbonyl (C=O) groups is 1. The van der Waals surface area contributed by atoms with Gasteiger partial charge in [0.15, 0.2) is 5.17 Å². The zero-order valence-corrected chi connectivity index (χ0v) is 20.3. The summed E-state index contributed by atoms with van der Waals surface area (Å²) in [4.78, 5) is 24.6.